The molecule has 6 rings (SSSR count). The van der Waals surface area contributed by atoms with Gasteiger partial charge >= 0.3 is 0 Å². The molecule has 0 aliphatic carbocycles. The molecule has 0 fully saturated rings. The minimum absolute atomic E-state index is 0.0362. The van der Waals surface area contributed by atoms with Crippen molar-refractivity contribution in [3.63, 3.8) is 0 Å². The first kappa shape index (κ1) is 20.5. The molecule has 3 heterocycles. The van der Waals surface area contributed by atoms with Crippen molar-refractivity contribution in [2.24, 2.45) is 0 Å². The van der Waals surface area contributed by atoms with Crippen molar-refractivity contribution < 1.29 is 13.9 Å². The van der Waals surface area contributed by atoms with Gasteiger partial charge in [0.05, 0.1) is 23.7 Å². The molecule has 0 bridgehead atoms. The highest BCUT2D eigenvalue weighted by Crippen LogP contribution is 2.36. The van der Waals surface area contributed by atoms with E-state index in [4.69, 9.17) is 14.1 Å². The molecule has 0 saturated heterocycles. The molecular weight excluding hydrogens is 430 g/mol. The zero-order valence-corrected chi connectivity index (χ0v) is 18.8. The third kappa shape index (κ3) is 3.32. The van der Waals surface area contributed by atoms with E-state index in [1.54, 1.807) is 35.9 Å². The Morgan fingerprint density at radius 1 is 1.00 bits per heavy atom. The summed E-state index contributed by atoms with van der Waals surface area (Å²) in [6, 6.07) is 16.5. The molecule has 7 heteroatoms. The Labute approximate surface area is 195 Å². The van der Waals surface area contributed by atoms with Crippen LogP contribution in [0.5, 0.6) is 5.75 Å². The standard InChI is InChI=1S/C27H23N3O4/c1-33-24-14-19-17-7-4-5-8-22(17)34-23(19)15-21(24)29-26(31)16-10-11-18-20(13-16)28-25-9-3-2-6-12-30(25)27(18)32/h4-5,7-8,10-11,13-15H,2-3,6,9,12H2,1H3,(H,29,31). The number of amides is 1. The average molecular weight is 453 g/mol. The fourth-order valence-corrected chi connectivity index (χ4v) is 4.77. The maximum Gasteiger partial charge on any atom is 0.261 e. The highest BCUT2D eigenvalue weighted by molar-refractivity contribution is 6.10. The molecule has 1 aliphatic rings. The van der Waals surface area contributed by atoms with Gasteiger partial charge in [0.15, 0.2) is 0 Å². The summed E-state index contributed by atoms with van der Waals surface area (Å²) < 4.78 is 13.3. The number of para-hydroxylation sites is 1. The van der Waals surface area contributed by atoms with Crippen LogP contribution in [-0.4, -0.2) is 22.6 Å². The van der Waals surface area contributed by atoms with Crippen LogP contribution in [-0.2, 0) is 13.0 Å². The van der Waals surface area contributed by atoms with Crippen LogP contribution in [0.15, 0.2) is 63.8 Å². The van der Waals surface area contributed by atoms with E-state index in [2.05, 4.69) is 5.32 Å². The van der Waals surface area contributed by atoms with Gasteiger partial charge in [-0.15, -0.1) is 0 Å². The number of carbonyl (C=O) groups is 1. The normalized spacial score (nSPS) is 13.7. The van der Waals surface area contributed by atoms with E-state index < -0.39 is 0 Å². The largest absolute Gasteiger partial charge is 0.495 e. The van der Waals surface area contributed by atoms with Crippen molar-refractivity contribution in [1.29, 1.82) is 0 Å². The van der Waals surface area contributed by atoms with Gasteiger partial charge < -0.3 is 14.5 Å². The Morgan fingerprint density at radius 3 is 2.76 bits per heavy atom. The van der Waals surface area contributed by atoms with Crippen molar-refractivity contribution in [3.05, 3.63) is 76.3 Å². The van der Waals surface area contributed by atoms with E-state index in [0.29, 0.717) is 40.0 Å². The van der Waals surface area contributed by atoms with E-state index in [1.165, 1.54) is 0 Å². The fraction of sp³-hybridized carbons (Fsp3) is 0.222. The molecule has 0 unspecified atom stereocenters. The maximum atomic E-state index is 13.2. The summed E-state index contributed by atoms with van der Waals surface area (Å²) in [6.45, 7) is 0.698. The first-order valence-electron chi connectivity index (χ1n) is 11.5. The van der Waals surface area contributed by atoms with E-state index in [-0.39, 0.29) is 11.5 Å². The van der Waals surface area contributed by atoms with Crippen LogP contribution in [0.25, 0.3) is 32.8 Å². The van der Waals surface area contributed by atoms with Crippen molar-refractivity contribution >= 4 is 44.4 Å². The number of carbonyl (C=O) groups excluding carboxylic acids is 1. The van der Waals surface area contributed by atoms with Gasteiger partial charge in [-0.1, -0.05) is 24.6 Å². The second kappa shape index (κ2) is 8.02. The highest BCUT2D eigenvalue weighted by Gasteiger charge is 2.18. The van der Waals surface area contributed by atoms with Crippen LogP contribution >= 0.6 is 0 Å². The van der Waals surface area contributed by atoms with E-state index in [1.807, 2.05) is 30.3 Å². The summed E-state index contributed by atoms with van der Waals surface area (Å²) in [6.07, 6.45) is 3.86. The molecule has 0 spiro atoms. The number of nitrogens with zero attached hydrogens (tertiary/aromatic N) is 2. The number of rotatable bonds is 3. The van der Waals surface area contributed by atoms with E-state index in [0.717, 1.165) is 47.9 Å². The first-order chi connectivity index (χ1) is 16.6. The Morgan fingerprint density at radius 2 is 1.88 bits per heavy atom. The van der Waals surface area contributed by atoms with Gasteiger partial charge in [-0.3, -0.25) is 14.2 Å². The van der Waals surface area contributed by atoms with Gasteiger partial charge in [0, 0.05) is 35.4 Å². The number of nitrogens with one attached hydrogen (secondary N) is 1. The quantitative estimate of drug-likeness (QED) is 0.401. The van der Waals surface area contributed by atoms with Gasteiger partial charge in [0.1, 0.15) is 22.7 Å². The number of aryl methyl sites for hydroxylation is 1. The first-order valence-corrected chi connectivity index (χ1v) is 11.5. The van der Waals surface area contributed by atoms with E-state index >= 15 is 0 Å². The van der Waals surface area contributed by atoms with Crippen LogP contribution < -0.4 is 15.6 Å². The van der Waals surface area contributed by atoms with Crippen LogP contribution in [0.1, 0.15) is 35.4 Å². The van der Waals surface area contributed by atoms with Crippen LogP contribution in [0.4, 0.5) is 5.69 Å². The number of benzene rings is 3. The summed E-state index contributed by atoms with van der Waals surface area (Å²) in [4.78, 5) is 30.9. The number of furan rings is 1. The summed E-state index contributed by atoms with van der Waals surface area (Å²) >= 11 is 0. The highest BCUT2D eigenvalue weighted by atomic mass is 16.5. The lowest BCUT2D eigenvalue weighted by molar-refractivity contribution is 0.102. The number of hydrogen-bond donors (Lipinski definition) is 1. The number of ether oxygens (including phenoxy) is 1. The molecule has 0 radical (unpaired) electrons. The number of methoxy groups -OCH3 is 1. The lowest BCUT2D eigenvalue weighted by Crippen LogP contribution is -2.24. The molecule has 2 aromatic heterocycles. The van der Waals surface area contributed by atoms with Gasteiger partial charge in [0.25, 0.3) is 11.5 Å². The molecule has 34 heavy (non-hydrogen) atoms. The summed E-state index contributed by atoms with van der Waals surface area (Å²) in [5.74, 6) is 1.02. The molecule has 7 nitrogen and oxygen atoms in total. The Balaban J connectivity index is 1.38. The Kier molecular flexibility index (Phi) is 4.83. The van der Waals surface area contributed by atoms with Crippen molar-refractivity contribution in [2.45, 2.75) is 32.2 Å². The van der Waals surface area contributed by atoms with Crippen molar-refractivity contribution in [3.8, 4) is 5.75 Å². The predicted molar refractivity (Wildman–Crippen MR) is 132 cm³/mol. The molecule has 170 valence electrons. The minimum Gasteiger partial charge on any atom is -0.495 e. The van der Waals surface area contributed by atoms with Crippen molar-refractivity contribution in [2.75, 3.05) is 12.4 Å². The second-order valence-corrected chi connectivity index (χ2v) is 8.63. The van der Waals surface area contributed by atoms with Gasteiger partial charge in [-0.25, -0.2) is 4.98 Å². The number of aromatic nitrogens is 2. The smallest absolute Gasteiger partial charge is 0.261 e. The summed E-state index contributed by atoms with van der Waals surface area (Å²) in [5.41, 5.74) is 2.87. The number of fused-ring (bicyclic) bond motifs is 5. The molecule has 3 aromatic carbocycles. The van der Waals surface area contributed by atoms with Crippen LogP contribution in [0, 0.1) is 0 Å². The Bertz CT molecular complexity index is 1650. The monoisotopic (exact) mass is 453 g/mol. The van der Waals surface area contributed by atoms with Gasteiger partial charge in [-0.05, 0) is 43.2 Å². The zero-order valence-electron chi connectivity index (χ0n) is 18.8. The summed E-state index contributed by atoms with van der Waals surface area (Å²) in [7, 11) is 1.57. The van der Waals surface area contributed by atoms with Crippen molar-refractivity contribution in [1.82, 2.24) is 9.55 Å². The molecule has 1 amide bonds. The molecule has 1 N–H and O–H groups in total. The molecule has 5 aromatic rings. The van der Waals surface area contributed by atoms with Crippen LogP contribution in [0.3, 0.4) is 0 Å². The lowest BCUT2D eigenvalue weighted by Gasteiger charge is -2.12. The molecule has 1 aliphatic heterocycles. The predicted octanol–water partition coefficient (Wildman–Crippen LogP) is 5.28. The second-order valence-electron chi connectivity index (χ2n) is 8.63. The Hall–Kier alpha value is -4.13. The minimum atomic E-state index is -0.312. The zero-order chi connectivity index (χ0) is 23.2. The topological polar surface area (TPSA) is 86.4 Å². The summed E-state index contributed by atoms with van der Waals surface area (Å²) in [5, 5.41) is 5.37. The lowest BCUT2D eigenvalue weighted by atomic mass is 10.1. The van der Waals surface area contributed by atoms with Gasteiger partial charge in [0.2, 0.25) is 0 Å². The molecule has 0 atom stereocenters. The molecular formula is C27H23N3O4. The SMILES string of the molecule is COc1cc2c(cc1NC(=O)c1ccc3c(=O)n4c(nc3c1)CCCCC4)oc1ccccc12. The fourth-order valence-electron chi connectivity index (χ4n) is 4.77. The van der Waals surface area contributed by atoms with Gasteiger partial charge in [-0.2, -0.15) is 0 Å². The number of anilines is 1. The molecule has 0 saturated carbocycles. The third-order valence-electron chi connectivity index (χ3n) is 6.53. The number of hydrogen-bond acceptors (Lipinski definition) is 5. The van der Waals surface area contributed by atoms with E-state index in [9.17, 15) is 9.59 Å². The maximum absolute atomic E-state index is 13.2. The third-order valence-corrected chi connectivity index (χ3v) is 6.53. The van der Waals surface area contributed by atoms with Crippen LogP contribution in [0.2, 0.25) is 0 Å². The average Bonchev–Trinajstić information content (AvgIpc) is 3.03.